The summed E-state index contributed by atoms with van der Waals surface area (Å²) in [6.45, 7) is 4.46. The Balaban J connectivity index is 2.07. The van der Waals surface area contributed by atoms with Gasteiger partial charge in [-0.1, -0.05) is 49.7 Å². The maximum atomic E-state index is 12.2. The summed E-state index contributed by atoms with van der Waals surface area (Å²) in [6.07, 6.45) is 1.15. The number of carbonyl (C=O) groups is 1. The fraction of sp³-hybridized carbons (Fsp3) is 0.316. The molecule has 7 heteroatoms. The lowest BCUT2D eigenvalue weighted by Crippen LogP contribution is -2.38. The zero-order chi connectivity index (χ0) is 19.3. The first-order valence-electron chi connectivity index (χ1n) is 8.30. The summed E-state index contributed by atoms with van der Waals surface area (Å²) in [5, 5.41) is 3.07. The molecule has 0 radical (unpaired) electrons. The quantitative estimate of drug-likeness (QED) is 0.779. The van der Waals surface area contributed by atoms with Crippen molar-refractivity contribution in [3.05, 3.63) is 64.7 Å². The largest absolute Gasteiger partial charge is 0.350 e. The maximum absolute atomic E-state index is 12.2. The number of nitrogens with one attached hydrogen (secondary N) is 1. The molecule has 1 amide bonds. The Morgan fingerprint density at radius 2 is 1.73 bits per heavy atom. The molecule has 1 N–H and O–H groups in total. The molecular weight excluding hydrogens is 372 g/mol. The highest BCUT2D eigenvalue weighted by Gasteiger charge is 2.18. The van der Waals surface area contributed by atoms with Gasteiger partial charge in [0.15, 0.2) is 0 Å². The summed E-state index contributed by atoms with van der Waals surface area (Å²) < 4.78 is 25.6. The van der Waals surface area contributed by atoms with Gasteiger partial charge in [-0.15, -0.1) is 0 Å². The second-order valence-electron chi connectivity index (χ2n) is 6.32. The number of amides is 1. The maximum Gasteiger partial charge on any atom is 0.252 e. The van der Waals surface area contributed by atoms with Crippen LogP contribution in [0.4, 0.5) is 5.69 Å². The van der Waals surface area contributed by atoms with Crippen molar-refractivity contribution in [2.75, 3.05) is 23.7 Å². The number of hydrogen-bond acceptors (Lipinski definition) is 3. The Labute approximate surface area is 160 Å². The lowest BCUT2D eigenvalue weighted by Gasteiger charge is -2.23. The monoisotopic (exact) mass is 394 g/mol. The van der Waals surface area contributed by atoms with Crippen LogP contribution >= 0.6 is 11.6 Å². The van der Waals surface area contributed by atoms with Gasteiger partial charge in [-0.25, -0.2) is 8.42 Å². The molecule has 2 rings (SSSR count). The minimum atomic E-state index is -3.47. The molecule has 0 bridgehead atoms. The normalized spacial score (nSPS) is 11.4. The molecule has 5 nitrogen and oxygen atoms in total. The molecule has 0 aromatic heterocycles. The van der Waals surface area contributed by atoms with E-state index < -0.39 is 10.0 Å². The van der Waals surface area contributed by atoms with Gasteiger partial charge >= 0.3 is 0 Å². The van der Waals surface area contributed by atoms with E-state index in [1.807, 2.05) is 12.1 Å². The van der Waals surface area contributed by atoms with E-state index in [0.29, 0.717) is 22.2 Å². The predicted molar refractivity (Wildman–Crippen MR) is 107 cm³/mol. The lowest BCUT2D eigenvalue weighted by atomic mass is 10.0. The smallest absolute Gasteiger partial charge is 0.252 e. The lowest BCUT2D eigenvalue weighted by molar-refractivity contribution is 0.0955. The topological polar surface area (TPSA) is 66.5 Å². The van der Waals surface area contributed by atoms with Gasteiger partial charge in [0.1, 0.15) is 0 Å². The van der Waals surface area contributed by atoms with Crippen molar-refractivity contribution in [1.82, 2.24) is 5.32 Å². The first kappa shape index (κ1) is 20.3. The van der Waals surface area contributed by atoms with Gasteiger partial charge in [0.25, 0.3) is 5.91 Å². The molecule has 0 unspecified atom stereocenters. The van der Waals surface area contributed by atoms with E-state index in [-0.39, 0.29) is 19.0 Å². The number of hydrogen-bond donors (Lipinski definition) is 1. The highest BCUT2D eigenvalue weighted by Crippen LogP contribution is 2.21. The summed E-state index contributed by atoms with van der Waals surface area (Å²) in [5.41, 5.74) is 2.07. The minimum Gasteiger partial charge on any atom is -0.350 e. The minimum absolute atomic E-state index is 0.135. The van der Waals surface area contributed by atoms with Crippen LogP contribution in [0, 0.1) is 0 Å². The van der Waals surface area contributed by atoms with Gasteiger partial charge < -0.3 is 5.32 Å². The van der Waals surface area contributed by atoms with Crippen molar-refractivity contribution in [3.8, 4) is 0 Å². The molecule has 0 aliphatic rings. The molecular formula is C19H23ClN2O3S. The number of halogens is 1. The molecule has 0 atom stereocenters. The van der Waals surface area contributed by atoms with Crippen LogP contribution in [0.15, 0.2) is 48.5 Å². The summed E-state index contributed by atoms with van der Waals surface area (Å²) in [5.74, 6) is 0.0323. The molecule has 0 saturated heterocycles. The third-order valence-corrected chi connectivity index (χ3v) is 5.49. The zero-order valence-electron chi connectivity index (χ0n) is 15.1. The number of benzene rings is 2. The Morgan fingerprint density at radius 1 is 1.12 bits per heavy atom. The van der Waals surface area contributed by atoms with Gasteiger partial charge in [-0.05, 0) is 35.7 Å². The van der Waals surface area contributed by atoms with E-state index in [1.54, 1.807) is 36.4 Å². The predicted octanol–water partition coefficient (Wildman–Crippen LogP) is 3.66. The van der Waals surface area contributed by atoms with E-state index >= 15 is 0 Å². The van der Waals surface area contributed by atoms with Crippen LogP contribution in [0.2, 0.25) is 5.02 Å². The van der Waals surface area contributed by atoms with E-state index in [9.17, 15) is 13.2 Å². The van der Waals surface area contributed by atoms with Gasteiger partial charge in [0.2, 0.25) is 10.0 Å². The van der Waals surface area contributed by atoms with Crippen molar-refractivity contribution in [2.24, 2.45) is 0 Å². The molecule has 140 valence electrons. The van der Waals surface area contributed by atoms with Gasteiger partial charge in [-0.2, -0.15) is 0 Å². The second-order valence-corrected chi connectivity index (χ2v) is 8.63. The van der Waals surface area contributed by atoms with Crippen molar-refractivity contribution < 1.29 is 13.2 Å². The average Bonchev–Trinajstić information content (AvgIpc) is 2.58. The molecule has 0 heterocycles. The first-order valence-corrected chi connectivity index (χ1v) is 10.5. The van der Waals surface area contributed by atoms with Gasteiger partial charge in [0, 0.05) is 6.54 Å². The standard InChI is InChI=1S/C19H23ClN2O3S/c1-14(2)15-8-10-16(11-9-15)22(26(3,24)25)13-12-21-19(23)17-6-4-5-7-18(17)20/h4-11,14H,12-13H2,1-3H3,(H,21,23). The summed E-state index contributed by atoms with van der Waals surface area (Å²) >= 11 is 6.00. The summed E-state index contributed by atoms with van der Waals surface area (Å²) in [4.78, 5) is 12.2. The molecule has 0 aliphatic carbocycles. The Bertz CT molecular complexity index is 865. The number of nitrogens with zero attached hydrogens (tertiary/aromatic N) is 1. The van der Waals surface area contributed by atoms with Crippen LogP contribution in [0.5, 0.6) is 0 Å². The summed E-state index contributed by atoms with van der Waals surface area (Å²) in [6, 6.07) is 14.1. The molecule has 0 fully saturated rings. The highest BCUT2D eigenvalue weighted by molar-refractivity contribution is 7.92. The molecule has 0 spiro atoms. The fourth-order valence-electron chi connectivity index (χ4n) is 2.52. The fourth-order valence-corrected chi connectivity index (χ4v) is 3.67. The van der Waals surface area contributed by atoms with E-state index in [0.717, 1.165) is 11.8 Å². The SMILES string of the molecule is CC(C)c1ccc(N(CCNC(=O)c2ccccc2Cl)S(C)(=O)=O)cc1. The first-order chi connectivity index (χ1) is 12.2. The van der Waals surface area contributed by atoms with Crippen molar-refractivity contribution in [3.63, 3.8) is 0 Å². The van der Waals surface area contributed by atoms with Crippen molar-refractivity contribution >= 4 is 33.2 Å². The Kier molecular flexibility index (Phi) is 6.67. The third kappa shape index (κ3) is 5.22. The van der Waals surface area contributed by atoms with E-state index in [2.05, 4.69) is 19.2 Å². The zero-order valence-corrected chi connectivity index (χ0v) is 16.6. The molecule has 26 heavy (non-hydrogen) atoms. The van der Waals surface area contributed by atoms with Crippen molar-refractivity contribution in [2.45, 2.75) is 19.8 Å². The van der Waals surface area contributed by atoms with Gasteiger partial charge in [-0.3, -0.25) is 9.10 Å². The molecule has 2 aromatic carbocycles. The highest BCUT2D eigenvalue weighted by atomic mass is 35.5. The van der Waals surface area contributed by atoms with Crippen LogP contribution in [-0.2, 0) is 10.0 Å². The molecule has 0 saturated carbocycles. The molecule has 2 aromatic rings. The van der Waals surface area contributed by atoms with Gasteiger partial charge in [0.05, 0.1) is 29.1 Å². The van der Waals surface area contributed by atoms with E-state index in [4.69, 9.17) is 11.6 Å². The third-order valence-electron chi connectivity index (χ3n) is 3.97. The number of anilines is 1. The number of rotatable bonds is 7. The Hall–Kier alpha value is -2.05. The second kappa shape index (κ2) is 8.56. The number of sulfonamides is 1. The average molecular weight is 395 g/mol. The van der Waals surface area contributed by atoms with Crippen LogP contribution in [0.25, 0.3) is 0 Å². The van der Waals surface area contributed by atoms with Crippen LogP contribution in [0.3, 0.4) is 0 Å². The Morgan fingerprint density at radius 3 is 2.27 bits per heavy atom. The number of carbonyl (C=O) groups excluding carboxylic acids is 1. The van der Waals surface area contributed by atoms with Crippen LogP contribution < -0.4 is 9.62 Å². The van der Waals surface area contributed by atoms with E-state index in [1.165, 1.54) is 4.31 Å². The summed E-state index contributed by atoms with van der Waals surface area (Å²) in [7, 11) is -3.47. The molecule has 0 aliphatic heterocycles. The van der Waals surface area contributed by atoms with Crippen molar-refractivity contribution in [1.29, 1.82) is 0 Å². The van der Waals surface area contributed by atoms with Crippen LogP contribution in [-0.4, -0.2) is 33.7 Å². The van der Waals surface area contributed by atoms with Crippen LogP contribution in [0.1, 0.15) is 35.7 Å².